The highest BCUT2D eigenvalue weighted by Crippen LogP contribution is 2.25. The van der Waals surface area contributed by atoms with Crippen molar-refractivity contribution >= 4 is 29.1 Å². The van der Waals surface area contributed by atoms with Crippen LogP contribution in [0.5, 0.6) is 0 Å². The van der Waals surface area contributed by atoms with Crippen molar-refractivity contribution in [3.05, 3.63) is 33.8 Å². The number of rotatable bonds is 4. The third-order valence-corrected chi connectivity index (χ3v) is 6.21. The number of hydrogen-bond acceptors (Lipinski definition) is 2. The molecule has 0 spiro atoms. The first-order chi connectivity index (χ1) is 12.1. The number of carbonyl (C=O) groups is 1. The lowest BCUT2D eigenvalue weighted by Crippen LogP contribution is -2.45. The first kappa shape index (κ1) is 19.0. The number of nitrogens with zero attached hydrogens (tertiary/aromatic N) is 1. The number of nitrogens with one attached hydrogen (secondary N) is 1. The van der Waals surface area contributed by atoms with Crippen molar-refractivity contribution < 1.29 is 4.79 Å². The van der Waals surface area contributed by atoms with Gasteiger partial charge in [-0.1, -0.05) is 55.0 Å². The summed E-state index contributed by atoms with van der Waals surface area (Å²) < 4.78 is 0. The summed E-state index contributed by atoms with van der Waals surface area (Å²) in [4.78, 5) is 15.1. The van der Waals surface area contributed by atoms with Crippen LogP contribution in [0.15, 0.2) is 18.2 Å². The maximum absolute atomic E-state index is 12.7. The van der Waals surface area contributed by atoms with Gasteiger partial charge in [0.15, 0.2) is 0 Å². The van der Waals surface area contributed by atoms with Gasteiger partial charge in [0.1, 0.15) is 0 Å². The van der Waals surface area contributed by atoms with Crippen LogP contribution in [0.4, 0.5) is 0 Å². The van der Waals surface area contributed by atoms with Crippen molar-refractivity contribution in [2.24, 2.45) is 5.92 Å². The van der Waals surface area contributed by atoms with E-state index in [1.54, 1.807) is 0 Å². The fraction of sp³-hybridized carbons (Fsp3) is 0.650. The molecule has 3 rings (SSSR count). The maximum atomic E-state index is 12.7. The number of piperidine rings is 1. The van der Waals surface area contributed by atoms with Crippen LogP contribution in [-0.4, -0.2) is 29.9 Å². The van der Waals surface area contributed by atoms with E-state index in [2.05, 4.69) is 10.2 Å². The Morgan fingerprint density at radius 1 is 1.04 bits per heavy atom. The Morgan fingerprint density at radius 3 is 2.52 bits per heavy atom. The van der Waals surface area contributed by atoms with Crippen LogP contribution in [-0.2, 0) is 11.3 Å². The summed E-state index contributed by atoms with van der Waals surface area (Å²) in [7, 11) is 0. The lowest BCUT2D eigenvalue weighted by Gasteiger charge is -2.33. The van der Waals surface area contributed by atoms with Gasteiger partial charge in [-0.15, -0.1) is 0 Å². The van der Waals surface area contributed by atoms with Crippen molar-refractivity contribution in [3.63, 3.8) is 0 Å². The molecule has 138 valence electrons. The second-order valence-electron chi connectivity index (χ2n) is 7.52. The average molecular weight is 383 g/mol. The Hall–Kier alpha value is -0.770. The Morgan fingerprint density at radius 2 is 1.80 bits per heavy atom. The largest absolute Gasteiger partial charge is 0.353 e. The second kappa shape index (κ2) is 9.25. The van der Waals surface area contributed by atoms with Crippen LogP contribution < -0.4 is 5.32 Å². The van der Waals surface area contributed by atoms with Gasteiger partial charge < -0.3 is 5.32 Å². The van der Waals surface area contributed by atoms with Crippen molar-refractivity contribution in [2.75, 3.05) is 13.1 Å². The topological polar surface area (TPSA) is 32.3 Å². The monoisotopic (exact) mass is 382 g/mol. The zero-order valence-corrected chi connectivity index (χ0v) is 16.3. The van der Waals surface area contributed by atoms with Crippen molar-refractivity contribution in [2.45, 2.75) is 64.0 Å². The summed E-state index contributed by atoms with van der Waals surface area (Å²) in [6, 6.07) is 6.18. The van der Waals surface area contributed by atoms with Gasteiger partial charge in [-0.2, -0.15) is 0 Å². The van der Waals surface area contributed by atoms with E-state index >= 15 is 0 Å². The van der Waals surface area contributed by atoms with Gasteiger partial charge >= 0.3 is 0 Å². The highest BCUT2D eigenvalue weighted by Gasteiger charge is 2.27. The van der Waals surface area contributed by atoms with Crippen LogP contribution in [0.25, 0.3) is 0 Å². The molecule has 3 nitrogen and oxygen atoms in total. The highest BCUT2D eigenvalue weighted by atomic mass is 35.5. The predicted octanol–water partition coefficient (Wildman–Crippen LogP) is 5.04. The number of halogens is 2. The van der Waals surface area contributed by atoms with Gasteiger partial charge in [0, 0.05) is 19.1 Å². The van der Waals surface area contributed by atoms with E-state index in [9.17, 15) is 4.79 Å². The van der Waals surface area contributed by atoms with Gasteiger partial charge in [0.05, 0.1) is 16.0 Å². The molecule has 2 fully saturated rings. The maximum Gasteiger partial charge on any atom is 0.224 e. The summed E-state index contributed by atoms with van der Waals surface area (Å²) >= 11 is 12.1. The third kappa shape index (κ3) is 5.60. The second-order valence-corrected chi connectivity index (χ2v) is 8.33. The van der Waals surface area contributed by atoms with E-state index in [-0.39, 0.29) is 11.8 Å². The molecule has 0 radical (unpaired) electrons. The van der Waals surface area contributed by atoms with Crippen LogP contribution in [0.3, 0.4) is 0 Å². The lowest BCUT2D eigenvalue weighted by atomic mass is 9.95. The molecule has 1 saturated heterocycles. The zero-order chi connectivity index (χ0) is 17.6. The standard InChI is InChI=1S/C20H28Cl2N2O/c21-18-10-9-15(12-19(18)22)13-24-11-5-6-16(14-24)20(25)23-17-7-3-1-2-4-8-17/h9-10,12,16-17H,1-8,11,13-14H2,(H,23,25). The molecule has 1 saturated carbocycles. The van der Waals surface area contributed by atoms with Crippen LogP contribution in [0, 0.1) is 5.92 Å². The first-order valence-electron chi connectivity index (χ1n) is 9.58. The molecule has 1 N–H and O–H groups in total. The molecular weight excluding hydrogens is 355 g/mol. The van der Waals surface area contributed by atoms with Gasteiger partial charge in [0.25, 0.3) is 0 Å². The van der Waals surface area contributed by atoms with E-state index in [1.807, 2.05) is 18.2 Å². The molecule has 1 aromatic rings. The Bertz CT molecular complexity index is 585. The van der Waals surface area contributed by atoms with Crippen LogP contribution in [0.2, 0.25) is 10.0 Å². The molecule has 25 heavy (non-hydrogen) atoms. The van der Waals surface area contributed by atoms with Gasteiger partial charge in [-0.25, -0.2) is 0 Å². The van der Waals surface area contributed by atoms with Crippen LogP contribution >= 0.6 is 23.2 Å². The molecule has 5 heteroatoms. The molecule has 1 aliphatic heterocycles. The van der Waals surface area contributed by atoms with Gasteiger partial charge in [-0.3, -0.25) is 9.69 Å². The number of amides is 1. The Labute approximate surface area is 161 Å². The minimum absolute atomic E-state index is 0.111. The third-order valence-electron chi connectivity index (χ3n) is 5.47. The van der Waals surface area contributed by atoms with Crippen molar-refractivity contribution in [3.8, 4) is 0 Å². The molecule has 2 aliphatic rings. The number of carbonyl (C=O) groups excluding carboxylic acids is 1. The van der Waals surface area contributed by atoms with E-state index in [1.165, 1.54) is 25.7 Å². The molecule has 1 aliphatic carbocycles. The molecule has 1 unspecified atom stereocenters. The molecular formula is C20H28Cl2N2O. The lowest BCUT2D eigenvalue weighted by molar-refractivity contribution is -0.127. The summed E-state index contributed by atoms with van der Waals surface area (Å²) in [5.41, 5.74) is 1.15. The normalized spacial score (nSPS) is 23.2. The van der Waals surface area contributed by atoms with E-state index in [0.29, 0.717) is 16.1 Å². The Kier molecular flexibility index (Phi) is 7.03. The van der Waals surface area contributed by atoms with E-state index < -0.39 is 0 Å². The van der Waals surface area contributed by atoms with Crippen molar-refractivity contribution in [1.82, 2.24) is 10.2 Å². The van der Waals surface area contributed by atoms with Crippen LogP contribution in [0.1, 0.15) is 56.9 Å². The fourth-order valence-electron chi connectivity index (χ4n) is 4.05. The molecule has 1 heterocycles. The number of benzene rings is 1. The van der Waals surface area contributed by atoms with Gasteiger partial charge in [-0.05, 0) is 49.9 Å². The molecule has 1 aromatic carbocycles. The smallest absolute Gasteiger partial charge is 0.224 e. The molecule has 0 aromatic heterocycles. The van der Waals surface area contributed by atoms with E-state index in [0.717, 1.165) is 50.9 Å². The van der Waals surface area contributed by atoms with Crippen molar-refractivity contribution in [1.29, 1.82) is 0 Å². The molecule has 1 atom stereocenters. The summed E-state index contributed by atoms with van der Waals surface area (Å²) in [6.07, 6.45) is 9.48. The predicted molar refractivity (Wildman–Crippen MR) is 104 cm³/mol. The zero-order valence-electron chi connectivity index (χ0n) is 14.8. The highest BCUT2D eigenvalue weighted by molar-refractivity contribution is 6.42. The van der Waals surface area contributed by atoms with Gasteiger partial charge in [0.2, 0.25) is 5.91 Å². The first-order valence-corrected chi connectivity index (χ1v) is 10.3. The quantitative estimate of drug-likeness (QED) is 0.739. The molecule has 0 bridgehead atoms. The molecule has 1 amide bonds. The van der Waals surface area contributed by atoms with E-state index in [4.69, 9.17) is 23.2 Å². The number of likely N-dealkylation sites (tertiary alicyclic amines) is 1. The minimum atomic E-state index is 0.111. The Balaban J connectivity index is 1.53. The fourth-order valence-corrected chi connectivity index (χ4v) is 4.37. The number of hydrogen-bond donors (Lipinski definition) is 1. The minimum Gasteiger partial charge on any atom is -0.353 e. The summed E-state index contributed by atoms with van der Waals surface area (Å²) in [5, 5.41) is 4.51. The summed E-state index contributed by atoms with van der Waals surface area (Å²) in [6.45, 7) is 2.69. The SMILES string of the molecule is O=C(NC1CCCCCC1)C1CCCN(Cc2ccc(Cl)c(Cl)c2)C1. The average Bonchev–Trinajstić information content (AvgIpc) is 2.87. The summed E-state index contributed by atoms with van der Waals surface area (Å²) in [5.74, 6) is 0.366.